The molecule has 2 saturated heterocycles. The first-order valence-corrected chi connectivity index (χ1v) is 11.3. The van der Waals surface area contributed by atoms with E-state index < -0.39 is 80.6 Å². The number of benzene rings is 1. The van der Waals surface area contributed by atoms with Crippen molar-refractivity contribution in [2.75, 3.05) is 19.8 Å². The van der Waals surface area contributed by atoms with E-state index in [0.717, 1.165) is 6.07 Å². The molecule has 3 aromatic rings. The zero-order chi connectivity index (χ0) is 26.5. The lowest BCUT2D eigenvalue weighted by Crippen LogP contribution is -2.59. The molecule has 2 fully saturated rings. The summed E-state index contributed by atoms with van der Waals surface area (Å²) in [4.78, 5) is 12.6. The lowest BCUT2D eigenvalue weighted by Gasteiger charge is -2.40. The van der Waals surface area contributed by atoms with Gasteiger partial charge in [0.25, 0.3) is 0 Å². The Morgan fingerprint density at radius 2 is 1.81 bits per heavy atom. The van der Waals surface area contributed by atoms with E-state index in [2.05, 4.69) is 0 Å². The van der Waals surface area contributed by atoms with Gasteiger partial charge in [-0.2, -0.15) is 0 Å². The van der Waals surface area contributed by atoms with Crippen molar-refractivity contribution in [1.29, 1.82) is 0 Å². The molecule has 14 heteroatoms. The molecule has 7 N–H and O–H groups in total. The van der Waals surface area contributed by atoms with E-state index in [1.807, 2.05) is 0 Å². The standard InChI is InChI=1S/C23H26O14/c24-7-23(31)8-35-22(20(23)30)34-6-14-17(27)18(28)19(29)21(37-14)33-5-9-3-11(25)15-13(36-9)4-12-10(16(15)26)1-2-32-12/h1-4,14,17-22,24,26-31H,5-8H2/t14-,17-,18+,19-,20+,21-,22-,23-/m1/s1. The summed E-state index contributed by atoms with van der Waals surface area (Å²) in [6, 6.07) is 4.04. The summed E-state index contributed by atoms with van der Waals surface area (Å²) in [6.45, 7) is -2.00. The van der Waals surface area contributed by atoms with Crippen molar-refractivity contribution in [2.45, 2.75) is 55.3 Å². The van der Waals surface area contributed by atoms with Gasteiger partial charge >= 0.3 is 0 Å². The van der Waals surface area contributed by atoms with Crippen LogP contribution in [0.15, 0.2) is 38.1 Å². The van der Waals surface area contributed by atoms with Gasteiger partial charge in [-0.05, 0) is 6.07 Å². The predicted octanol–water partition coefficient (Wildman–Crippen LogP) is -1.97. The molecule has 2 aliphatic rings. The third-order valence-electron chi connectivity index (χ3n) is 6.54. The topological polar surface area (TPSA) is 222 Å². The fraction of sp³-hybridized carbons (Fsp3) is 0.522. The molecule has 0 spiro atoms. The quantitative estimate of drug-likeness (QED) is 0.177. The number of hydrogen-bond acceptors (Lipinski definition) is 14. The molecule has 37 heavy (non-hydrogen) atoms. The number of rotatable bonds is 7. The van der Waals surface area contributed by atoms with E-state index in [1.165, 1.54) is 18.4 Å². The Labute approximate surface area is 207 Å². The third kappa shape index (κ3) is 4.61. The lowest BCUT2D eigenvalue weighted by atomic mass is 9.99. The fourth-order valence-corrected chi connectivity index (χ4v) is 4.33. The molecule has 0 aliphatic carbocycles. The fourth-order valence-electron chi connectivity index (χ4n) is 4.33. The van der Waals surface area contributed by atoms with Gasteiger partial charge in [-0.25, -0.2) is 0 Å². The summed E-state index contributed by atoms with van der Waals surface area (Å²) in [6.07, 6.45) is -9.32. The van der Waals surface area contributed by atoms with Crippen LogP contribution >= 0.6 is 0 Å². The third-order valence-corrected chi connectivity index (χ3v) is 6.54. The second-order valence-corrected chi connectivity index (χ2v) is 9.05. The van der Waals surface area contributed by atoms with Gasteiger partial charge in [0, 0.05) is 12.1 Å². The number of aliphatic hydroxyl groups excluding tert-OH is 5. The van der Waals surface area contributed by atoms with Crippen molar-refractivity contribution < 1.29 is 63.5 Å². The van der Waals surface area contributed by atoms with Crippen molar-refractivity contribution in [1.82, 2.24) is 0 Å². The molecule has 0 amide bonds. The predicted molar refractivity (Wildman–Crippen MR) is 119 cm³/mol. The molecule has 0 unspecified atom stereocenters. The SMILES string of the molecule is O=c1cc(CO[C@@H]2O[C@H](CO[C@@H]3OC[C@](O)(CO)[C@H]3O)[C@@H](O)[C@H](O)[C@H]2O)oc2cc3occc3c(O)c12. The summed E-state index contributed by atoms with van der Waals surface area (Å²) >= 11 is 0. The number of phenolic OH excluding ortho intramolecular Hbond substituents is 1. The van der Waals surface area contributed by atoms with Crippen LogP contribution in [0.3, 0.4) is 0 Å². The molecule has 1 aromatic carbocycles. The second kappa shape index (κ2) is 9.92. The maximum absolute atomic E-state index is 12.6. The molecule has 2 aliphatic heterocycles. The highest BCUT2D eigenvalue weighted by Gasteiger charge is 2.50. The van der Waals surface area contributed by atoms with E-state index >= 15 is 0 Å². The second-order valence-electron chi connectivity index (χ2n) is 9.05. The van der Waals surface area contributed by atoms with Gasteiger partial charge in [0.2, 0.25) is 0 Å². The summed E-state index contributed by atoms with van der Waals surface area (Å²) in [5, 5.41) is 70.9. The Morgan fingerprint density at radius 1 is 1.03 bits per heavy atom. The first-order valence-electron chi connectivity index (χ1n) is 11.3. The molecule has 0 bridgehead atoms. The van der Waals surface area contributed by atoms with Crippen molar-refractivity contribution in [3.63, 3.8) is 0 Å². The molecule has 202 valence electrons. The smallest absolute Gasteiger partial charge is 0.196 e. The van der Waals surface area contributed by atoms with Crippen LogP contribution in [0.2, 0.25) is 0 Å². The van der Waals surface area contributed by atoms with E-state index in [4.69, 9.17) is 27.8 Å². The Balaban J connectivity index is 1.27. The summed E-state index contributed by atoms with van der Waals surface area (Å²) < 4.78 is 32.4. The maximum atomic E-state index is 12.6. The van der Waals surface area contributed by atoms with Crippen LogP contribution in [0.25, 0.3) is 21.9 Å². The minimum atomic E-state index is -1.92. The number of furan rings is 1. The van der Waals surface area contributed by atoms with Crippen molar-refractivity contribution in [2.24, 2.45) is 0 Å². The highest BCUT2D eigenvalue weighted by Crippen LogP contribution is 2.33. The molecule has 5 rings (SSSR count). The highest BCUT2D eigenvalue weighted by atomic mass is 16.7. The van der Waals surface area contributed by atoms with E-state index in [0.29, 0.717) is 11.0 Å². The van der Waals surface area contributed by atoms with E-state index in [-0.39, 0.29) is 22.5 Å². The van der Waals surface area contributed by atoms with Crippen molar-refractivity contribution >= 4 is 21.9 Å². The van der Waals surface area contributed by atoms with Crippen molar-refractivity contribution in [3.8, 4) is 5.75 Å². The molecule has 4 heterocycles. The van der Waals surface area contributed by atoms with Gasteiger partial charge in [0.15, 0.2) is 18.0 Å². The van der Waals surface area contributed by atoms with Gasteiger partial charge in [0.1, 0.15) is 70.8 Å². The molecule has 0 saturated carbocycles. The average molecular weight is 526 g/mol. The average Bonchev–Trinajstić information content (AvgIpc) is 3.46. The van der Waals surface area contributed by atoms with Gasteiger partial charge in [-0.15, -0.1) is 0 Å². The monoisotopic (exact) mass is 526 g/mol. The molecular weight excluding hydrogens is 500 g/mol. The zero-order valence-corrected chi connectivity index (χ0v) is 19.2. The Bertz CT molecular complexity index is 1320. The van der Waals surface area contributed by atoms with Gasteiger partial charge < -0.3 is 63.5 Å². The van der Waals surface area contributed by atoms with Crippen LogP contribution in [0.1, 0.15) is 5.76 Å². The summed E-state index contributed by atoms with van der Waals surface area (Å²) in [7, 11) is 0. The Morgan fingerprint density at radius 3 is 2.54 bits per heavy atom. The molecular formula is C23H26O14. The number of fused-ring (bicyclic) bond motifs is 2. The van der Waals surface area contributed by atoms with Crippen molar-refractivity contribution in [3.05, 3.63) is 40.4 Å². The molecule has 2 aromatic heterocycles. The van der Waals surface area contributed by atoms with Crippen LogP contribution in [0.5, 0.6) is 5.75 Å². The zero-order valence-electron chi connectivity index (χ0n) is 19.2. The van der Waals surface area contributed by atoms with Crippen LogP contribution in [0.4, 0.5) is 0 Å². The van der Waals surface area contributed by atoms with Crippen LogP contribution in [0, 0.1) is 0 Å². The first-order chi connectivity index (χ1) is 17.6. The Hall–Kier alpha value is -2.63. The molecule has 8 atom stereocenters. The number of aromatic hydroxyl groups is 1. The van der Waals surface area contributed by atoms with Crippen LogP contribution in [-0.4, -0.2) is 104 Å². The Kier molecular flexibility index (Phi) is 6.97. The highest BCUT2D eigenvalue weighted by molar-refractivity contribution is 6.00. The molecule has 0 radical (unpaired) electrons. The van der Waals surface area contributed by atoms with Crippen LogP contribution < -0.4 is 5.43 Å². The summed E-state index contributed by atoms with van der Waals surface area (Å²) in [5.74, 6) is -0.278. The first kappa shape index (κ1) is 26.0. The minimum absolute atomic E-state index is 0.0118. The van der Waals surface area contributed by atoms with E-state index in [1.54, 1.807) is 0 Å². The maximum Gasteiger partial charge on any atom is 0.196 e. The minimum Gasteiger partial charge on any atom is -0.506 e. The largest absolute Gasteiger partial charge is 0.506 e. The van der Waals surface area contributed by atoms with E-state index in [9.17, 15) is 40.5 Å². The van der Waals surface area contributed by atoms with Gasteiger partial charge in [0.05, 0.1) is 31.5 Å². The van der Waals surface area contributed by atoms with Gasteiger partial charge in [-0.3, -0.25) is 4.79 Å². The van der Waals surface area contributed by atoms with Crippen LogP contribution in [-0.2, 0) is 25.6 Å². The number of hydrogen-bond donors (Lipinski definition) is 7. The number of phenols is 1. The normalized spacial score (nSPS) is 34.5. The molecule has 14 nitrogen and oxygen atoms in total. The lowest BCUT2D eigenvalue weighted by molar-refractivity contribution is -0.313. The summed E-state index contributed by atoms with van der Waals surface area (Å²) in [5.41, 5.74) is -2.13. The van der Waals surface area contributed by atoms with Gasteiger partial charge in [-0.1, -0.05) is 0 Å². The number of aliphatic hydroxyl groups is 6. The number of ether oxygens (including phenoxy) is 4.